The highest BCUT2D eigenvalue weighted by atomic mass is 32.2. The fraction of sp³-hybridized carbons (Fsp3) is 0.455. The molecule has 1 aromatic heterocycles. The molecule has 3 fully saturated rings. The van der Waals surface area contributed by atoms with Gasteiger partial charge in [-0.2, -0.15) is 0 Å². The van der Waals surface area contributed by atoms with E-state index >= 15 is 0 Å². The second kappa shape index (κ2) is 12.2. The summed E-state index contributed by atoms with van der Waals surface area (Å²) >= 11 is 0. The Hall–Kier alpha value is -3.74. The van der Waals surface area contributed by atoms with Crippen molar-refractivity contribution in [2.24, 2.45) is 16.7 Å². The molecule has 240 valence electrons. The van der Waals surface area contributed by atoms with Crippen LogP contribution < -0.4 is 4.74 Å². The summed E-state index contributed by atoms with van der Waals surface area (Å²) in [6.07, 6.45) is 3.49. The van der Waals surface area contributed by atoms with E-state index in [9.17, 15) is 27.0 Å². The molecular formula is C33H39FN4O6S. The number of hydrogen-bond donors (Lipinski definition) is 0. The number of ketones is 1. The Kier molecular flexibility index (Phi) is 8.87. The molecule has 0 spiro atoms. The first-order chi connectivity index (χ1) is 21.1. The van der Waals surface area contributed by atoms with Crippen LogP contribution in [0.3, 0.4) is 0 Å². The van der Waals surface area contributed by atoms with Gasteiger partial charge in [-0.15, -0.1) is 0 Å². The number of piperazine rings is 1. The van der Waals surface area contributed by atoms with Gasteiger partial charge in [0.05, 0.1) is 61.8 Å². The fourth-order valence-corrected chi connectivity index (χ4v) is 8.00. The Morgan fingerprint density at radius 3 is 2.18 bits per heavy atom. The van der Waals surface area contributed by atoms with Crippen molar-refractivity contribution in [1.82, 2.24) is 14.9 Å². The van der Waals surface area contributed by atoms with E-state index in [1.807, 2.05) is 43.0 Å². The van der Waals surface area contributed by atoms with Crippen LogP contribution in [-0.4, -0.2) is 90.0 Å². The number of rotatable bonds is 6. The Labute approximate surface area is 263 Å². The van der Waals surface area contributed by atoms with E-state index in [1.165, 1.54) is 12.1 Å². The highest BCUT2D eigenvalue weighted by Gasteiger charge is 2.64. The first-order valence-corrected chi connectivity index (χ1v) is 16.6. The number of likely N-dealkylation sites (N-methyl/N-ethyl adjacent to an activating group) is 1. The van der Waals surface area contributed by atoms with Gasteiger partial charge in [0.15, 0.2) is 0 Å². The SMILES string of the molecule is CC1(C)C2CCC1(CS(=O)(=O)[O-])C(=O)C2.C[N+]1(C)CCN(C(=O)c2nccc(-c3ccc(Oc4ccc(F)cc4)cc3)n2)CC1. The summed E-state index contributed by atoms with van der Waals surface area (Å²) in [4.78, 5) is 35.2. The van der Waals surface area contributed by atoms with Crippen molar-refractivity contribution in [1.29, 1.82) is 0 Å². The van der Waals surface area contributed by atoms with Gasteiger partial charge in [-0.05, 0) is 78.8 Å². The van der Waals surface area contributed by atoms with Crippen LogP contribution in [0.25, 0.3) is 11.3 Å². The van der Waals surface area contributed by atoms with Crippen molar-refractivity contribution in [3.63, 3.8) is 0 Å². The number of aromatic nitrogens is 2. The van der Waals surface area contributed by atoms with Gasteiger partial charge in [0.2, 0.25) is 5.82 Å². The zero-order valence-corrected chi connectivity index (χ0v) is 26.8. The van der Waals surface area contributed by atoms with Crippen molar-refractivity contribution < 1.29 is 36.2 Å². The smallest absolute Gasteiger partial charge is 0.292 e. The van der Waals surface area contributed by atoms with Crippen molar-refractivity contribution in [2.45, 2.75) is 33.1 Å². The average Bonchev–Trinajstić information content (AvgIpc) is 3.32. The lowest BCUT2D eigenvalue weighted by molar-refractivity contribution is -0.894. The lowest BCUT2D eigenvalue weighted by Crippen LogP contribution is -2.56. The van der Waals surface area contributed by atoms with Crippen molar-refractivity contribution in [2.75, 3.05) is 46.0 Å². The van der Waals surface area contributed by atoms with E-state index < -0.39 is 21.3 Å². The highest BCUT2D eigenvalue weighted by Crippen LogP contribution is 2.64. The molecule has 1 amide bonds. The third-order valence-electron chi connectivity index (χ3n) is 9.85. The Balaban J connectivity index is 0.000000223. The lowest BCUT2D eigenvalue weighted by atomic mass is 9.70. The molecule has 0 N–H and O–H groups in total. The van der Waals surface area contributed by atoms with Crippen LogP contribution in [0.2, 0.25) is 0 Å². The van der Waals surface area contributed by atoms with Gasteiger partial charge in [-0.3, -0.25) is 9.59 Å². The van der Waals surface area contributed by atoms with E-state index in [0.717, 1.165) is 29.6 Å². The maximum absolute atomic E-state index is 13.0. The van der Waals surface area contributed by atoms with Crippen LogP contribution in [0.1, 0.15) is 43.7 Å². The molecule has 12 heteroatoms. The number of hydrogen-bond acceptors (Lipinski definition) is 8. The van der Waals surface area contributed by atoms with Crippen LogP contribution in [0, 0.1) is 22.6 Å². The van der Waals surface area contributed by atoms with Gasteiger partial charge >= 0.3 is 0 Å². The number of carbonyl (C=O) groups excluding carboxylic acids is 2. The number of carbonyl (C=O) groups is 2. The molecule has 2 aliphatic carbocycles. The van der Waals surface area contributed by atoms with Crippen LogP contribution in [0.15, 0.2) is 60.8 Å². The molecule has 3 aliphatic rings. The number of amides is 1. The van der Waals surface area contributed by atoms with Crippen molar-refractivity contribution in [3.8, 4) is 22.8 Å². The van der Waals surface area contributed by atoms with Crippen LogP contribution in [-0.2, 0) is 14.9 Å². The lowest BCUT2D eigenvalue weighted by Gasteiger charge is -2.38. The molecule has 1 aliphatic heterocycles. The van der Waals surface area contributed by atoms with Gasteiger partial charge in [0, 0.05) is 23.6 Å². The van der Waals surface area contributed by atoms with Gasteiger partial charge in [0.1, 0.15) is 23.1 Å². The molecule has 2 atom stereocenters. The van der Waals surface area contributed by atoms with Crippen LogP contribution in [0.5, 0.6) is 11.5 Å². The fourth-order valence-electron chi connectivity index (χ4n) is 6.72. The molecule has 3 aromatic rings. The summed E-state index contributed by atoms with van der Waals surface area (Å²) in [7, 11) is 0.0119. The minimum absolute atomic E-state index is 0.0248. The zero-order valence-electron chi connectivity index (χ0n) is 26.0. The second-order valence-electron chi connectivity index (χ2n) is 13.4. The third kappa shape index (κ3) is 7.08. The third-order valence-corrected chi connectivity index (χ3v) is 10.7. The first-order valence-electron chi connectivity index (χ1n) is 15.0. The van der Waals surface area contributed by atoms with Gasteiger partial charge in [0.25, 0.3) is 5.91 Å². The first kappa shape index (κ1) is 32.6. The summed E-state index contributed by atoms with van der Waals surface area (Å²) < 4.78 is 52.3. The topological polar surface area (TPSA) is 130 Å². The number of halogens is 1. The molecule has 6 rings (SSSR count). The molecule has 45 heavy (non-hydrogen) atoms. The van der Waals surface area contributed by atoms with E-state index in [-0.39, 0.29) is 34.7 Å². The molecule has 1 saturated heterocycles. The monoisotopic (exact) mass is 638 g/mol. The van der Waals surface area contributed by atoms with E-state index in [1.54, 1.807) is 24.4 Å². The van der Waals surface area contributed by atoms with E-state index in [4.69, 9.17) is 4.74 Å². The summed E-state index contributed by atoms with van der Waals surface area (Å²) in [6.45, 7) is 7.08. The van der Waals surface area contributed by atoms with Crippen LogP contribution in [0.4, 0.5) is 4.39 Å². The Morgan fingerprint density at radius 1 is 1.04 bits per heavy atom. The predicted molar refractivity (Wildman–Crippen MR) is 165 cm³/mol. The number of nitrogens with zero attached hydrogens (tertiary/aromatic N) is 4. The van der Waals surface area contributed by atoms with Crippen LogP contribution >= 0.6 is 0 Å². The second-order valence-corrected chi connectivity index (χ2v) is 14.8. The van der Waals surface area contributed by atoms with E-state index in [0.29, 0.717) is 43.1 Å². The highest BCUT2D eigenvalue weighted by molar-refractivity contribution is 7.85. The molecule has 2 aromatic carbocycles. The summed E-state index contributed by atoms with van der Waals surface area (Å²) in [5.74, 6) is 0.683. The molecule has 10 nitrogen and oxygen atoms in total. The molecule has 2 heterocycles. The molecular weight excluding hydrogens is 599 g/mol. The maximum Gasteiger partial charge on any atom is 0.292 e. The Morgan fingerprint density at radius 2 is 1.64 bits per heavy atom. The summed E-state index contributed by atoms with van der Waals surface area (Å²) in [5, 5.41) is 0. The minimum atomic E-state index is -4.33. The van der Waals surface area contributed by atoms with E-state index in [2.05, 4.69) is 24.1 Å². The normalized spacial score (nSPS) is 23.3. The summed E-state index contributed by atoms with van der Waals surface area (Å²) in [5.41, 5.74) is 0.309. The standard InChI is InChI=1S/C23H24FN4O2.C10H16O4S/c1-28(2)15-13-27(14-16-28)23(29)22-25-12-11-21(26-22)17-3-7-19(8-4-17)30-20-9-5-18(24)6-10-20;1-9(2)7-3-4-10(9,8(11)5-7)6-15(12,13)14/h3-12H,13-16H2,1-2H3;7H,3-6H2,1-2H3,(H,12,13,14)/q+1;/p-1. The predicted octanol–water partition coefficient (Wildman–Crippen LogP) is 4.53. The van der Waals surface area contributed by atoms with Gasteiger partial charge < -0.3 is 18.7 Å². The number of fused-ring (bicyclic) bond motifs is 2. The average molecular weight is 639 g/mol. The van der Waals surface area contributed by atoms with Gasteiger partial charge in [-0.1, -0.05) is 13.8 Å². The van der Waals surface area contributed by atoms with Crippen molar-refractivity contribution >= 4 is 21.8 Å². The number of Topliss-reactive ketones (excluding diaryl/α,β-unsaturated/α-hetero) is 1. The summed E-state index contributed by atoms with van der Waals surface area (Å²) in [6, 6.07) is 15.0. The van der Waals surface area contributed by atoms with Gasteiger partial charge in [-0.25, -0.2) is 22.8 Å². The largest absolute Gasteiger partial charge is 0.748 e. The molecule has 0 radical (unpaired) electrons. The minimum Gasteiger partial charge on any atom is -0.748 e. The van der Waals surface area contributed by atoms with Crippen molar-refractivity contribution in [3.05, 3.63) is 72.4 Å². The molecule has 2 unspecified atom stereocenters. The zero-order chi connectivity index (χ0) is 32.6. The Bertz CT molecular complexity index is 1670. The maximum atomic E-state index is 13.0. The molecule has 2 bridgehead atoms. The molecule has 2 saturated carbocycles. The quantitative estimate of drug-likeness (QED) is 0.284. The number of quaternary nitrogens is 1. The number of benzene rings is 2. The number of ether oxygens (including phenoxy) is 1.